The average Bonchev–Trinajstić information content (AvgIpc) is 2.98. The second kappa shape index (κ2) is 7.61. The highest BCUT2D eigenvalue weighted by Gasteiger charge is 2.40. The molecule has 2 aromatic carbocycles. The second-order valence-electron chi connectivity index (χ2n) is 8.89. The van der Waals surface area contributed by atoms with Gasteiger partial charge in [0.2, 0.25) is 0 Å². The van der Waals surface area contributed by atoms with Crippen LogP contribution in [0.4, 0.5) is 0 Å². The molecule has 27 heavy (non-hydrogen) atoms. The molecule has 144 valence electrons. The third-order valence-electron chi connectivity index (χ3n) is 5.99. The third-order valence-corrected chi connectivity index (χ3v) is 10.5. The van der Waals surface area contributed by atoms with Crippen molar-refractivity contribution in [2.75, 3.05) is 6.61 Å². The maximum Gasteiger partial charge on any atom is 0.338 e. The second-order valence-corrected chi connectivity index (χ2v) is 13.7. The van der Waals surface area contributed by atoms with Gasteiger partial charge in [-0.25, -0.2) is 4.79 Å². The third kappa shape index (κ3) is 4.33. The predicted octanol–water partition coefficient (Wildman–Crippen LogP) is 6.09. The summed E-state index contributed by atoms with van der Waals surface area (Å²) < 4.78 is 12.3. The van der Waals surface area contributed by atoms with E-state index in [0.29, 0.717) is 12.2 Å². The Hall–Kier alpha value is -1.91. The Balaban J connectivity index is 1.73. The van der Waals surface area contributed by atoms with Gasteiger partial charge in [-0.2, -0.15) is 0 Å². The van der Waals surface area contributed by atoms with E-state index in [9.17, 15) is 4.79 Å². The largest absolute Gasteiger partial charge is 0.454 e. The van der Waals surface area contributed by atoms with Gasteiger partial charge < -0.3 is 9.16 Å². The molecule has 0 fully saturated rings. The van der Waals surface area contributed by atoms with E-state index in [1.165, 1.54) is 5.56 Å². The van der Waals surface area contributed by atoms with Gasteiger partial charge in [0.05, 0.1) is 5.56 Å². The van der Waals surface area contributed by atoms with E-state index in [1.54, 1.807) is 12.1 Å². The summed E-state index contributed by atoms with van der Waals surface area (Å²) in [7, 11) is -1.81. The number of rotatable bonds is 5. The van der Waals surface area contributed by atoms with Gasteiger partial charge in [0.1, 0.15) is 6.10 Å². The zero-order valence-electron chi connectivity index (χ0n) is 17.0. The van der Waals surface area contributed by atoms with E-state index >= 15 is 0 Å². The number of fused-ring (bicyclic) bond motifs is 1. The number of carbonyl (C=O) groups is 1. The number of hydrogen-bond acceptors (Lipinski definition) is 3. The Morgan fingerprint density at radius 1 is 1.00 bits per heavy atom. The molecule has 3 nitrogen and oxygen atoms in total. The molecule has 0 spiro atoms. The van der Waals surface area contributed by atoms with Gasteiger partial charge >= 0.3 is 5.97 Å². The lowest BCUT2D eigenvalue weighted by molar-refractivity contribution is 0.0281. The van der Waals surface area contributed by atoms with E-state index in [4.69, 9.17) is 9.16 Å². The maximum absolute atomic E-state index is 12.5. The molecule has 0 aromatic heterocycles. The van der Waals surface area contributed by atoms with Crippen molar-refractivity contribution in [3.8, 4) is 0 Å². The standard InChI is InChI=1S/C23H30O3Si/c1-23(2,3)27(4,5)25-16-18-15-21(20-14-10-9-13-19(18)20)26-22(24)17-11-7-6-8-12-17/h6-14,18,21H,15-16H2,1-5H3/t18-,21+/m1/s1. The van der Waals surface area contributed by atoms with E-state index in [-0.39, 0.29) is 23.0 Å². The number of esters is 1. The molecule has 0 bridgehead atoms. The summed E-state index contributed by atoms with van der Waals surface area (Å²) in [4.78, 5) is 12.5. The topological polar surface area (TPSA) is 35.5 Å². The molecule has 0 N–H and O–H groups in total. The van der Waals surface area contributed by atoms with Crippen LogP contribution in [0.15, 0.2) is 54.6 Å². The fraction of sp³-hybridized carbons (Fsp3) is 0.435. The van der Waals surface area contributed by atoms with Crippen molar-refractivity contribution in [2.24, 2.45) is 0 Å². The van der Waals surface area contributed by atoms with Crippen molar-refractivity contribution in [3.63, 3.8) is 0 Å². The van der Waals surface area contributed by atoms with Crippen LogP contribution in [0.25, 0.3) is 0 Å². The van der Waals surface area contributed by atoms with Crippen LogP contribution in [-0.2, 0) is 9.16 Å². The molecule has 2 aromatic rings. The summed E-state index contributed by atoms with van der Waals surface area (Å²) in [6.45, 7) is 12.0. The van der Waals surface area contributed by atoms with Gasteiger partial charge in [0.25, 0.3) is 0 Å². The minimum absolute atomic E-state index is 0.185. The van der Waals surface area contributed by atoms with E-state index in [1.807, 2.05) is 24.3 Å². The fourth-order valence-corrected chi connectivity index (χ4v) is 4.31. The summed E-state index contributed by atoms with van der Waals surface area (Å²) in [5.74, 6) is 0.00488. The monoisotopic (exact) mass is 382 g/mol. The number of ether oxygens (including phenoxy) is 1. The molecule has 0 saturated carbocycles. The first-order valence-corrected chi connectivity index (χ1v) is 12.6. The van der Waals surface area contributed by atoms with Crippen molar-refractivity contribution in [1.82, 2.24) is 0 Å². The predicted molar refractivity (Wildman–Crippen MR) is 112 cm³/mol. The van der Waals surface area contributed by atoms with Crippen LogP contribution in [0.1, 0.15) is 60.7 Å². The highest BCUT2D eigenvalue weighted by atomic mass is 28.4. The van der Waals surface area contributed by atoms with Gasteiger partial charge in [-0.15, -0.1) is 0 Å². The normalized spacial score (nSPS) is 19.6. The van der Waals surface area contributed by atoms with Gasteiger partial charge in [-0.3, -0.25) is 0 Å². The first-order valence-electron chi connectivity index (χ1n) is 9.68. The Morgan fingerprint density at radius 3 is 2.22 bits per heavy atom. The zero-order chi connectivity index (χ0) is 19.7. The highest BCUT2D eigenvalue weighted by molar-refractivity contribution is 6.74. The highest BCUT2D eigenvalue weighted by Crippen LogP contribution is 2.44. The molecule has 0 aliphatic heterocycles. The Kier molecular flexibility index (Phi) is 5.59. The number of carbonyl (C=O) groups excluding carboxylic acids is 1. The maximum atomic E-state index is 12.5. The van der Waals surface area contributed by atoms with Gasteiger partial charge in [0.15, 0.2) is 8.32 Å². The van der Waals surface area contributed by atoms with Crippen molar-refractivity contribution >= 4 is 14.3 Å². The summed E-state index contributed by atoms with van der Waals surface area (Å²) in [6.07, 6.45) is 0.578. The first kappa shape index (κ1) is 19.8. The molecule has 3 rings (SSSR count). The molecule has 1 aliphatic rings. The van der Waals surface area contributed by atoms with Gasteiger partial charge in [-0.05, 0) is 47.8 Å². The number of benzene rings is 2. The Morgan fingerprint density at radius 2 is 1.59 bits per heavy atom. The van der Waals surface area contributed by atoms with Crippen LogP contribution in [0.2, 0.25) is 18.1 Å². The Labute approximate surface area is 163 Å². The van der Waals surface area contributed by atoms with Crippen LogP contribution in [0.5, 0.6) is 0 Å². The van der Waals surface area contributed by atoms with Crippen LogP contribution < -0.4 is 0 Å². The molecule has 0 saturated heterocycles. The minimum Gasteiger partial charge on any atom is -0.454 e. The number of hydrogen-bond donors (Lipinski definition) is 0. The Bertz CT molecular complexity index is 793. The van der Waals surface area contributed by atoms with Gasteiger partial charge in [-0.1, -0.05) is 63.2 Å². The molecule has 4 heteroatoms. The van der Waals surface area contributed by atoms with Crippen LogP contribution in [-0.4, -0.2) is 20.9 Å². The van der Waals surface area contributed by atoms with Gasteiger partial charge in [0, 0.05) is 12.5 Å². The first-order chi connectivity index (χ1) is 12.7. The van der Waals surface area contributed by atoms with Crippen molar-refractivity contribution in [1.29, 1.82) is 0 Å². The molecule has 0 heterocycles. The average molecular weight is 383 g/mol. The minimum atomic E-state index is -1.81. The van der Waals surface area contributed by atoms with Crippen molar-refractivity contribution in [2.45, 2.75) is 57.3 Å². The fourth-order valence-electron chi connectivity index (χ4n) is 3.25. The quantitative estimate of drug-likeness (QED) is 0.463. The molecular formula is C23H30O3Si. The van der Waals surface area contributed by atoms with Crippen molar-refractivity contribution in [3.05, 3.63) is 71.3 Å². The molecular weight excluding hydrogens is 352 g/mol. The summed E-state index contributed by atoms with van der Waals surface area (Å²) in [5, 5.41) is 0.185. The summed E-state index contributed by atoms with van der Waals surface area (Å²) >= 11 is 0. The summed E-state index contributed by atoms with van der Waals surface area (Å²) in [6, 6.07) is 17.5. The van der Waals surface area contributed by atoms with E-state index in [2.05, 4.69) is 52.1 Å². The summed E-state index contributed by atoms with van der Waals surface area (Å²) in [5.41, 5.74) is 2.96. The lowest BCUT2D eigenvalue weighted by Gasteiger charge is -2.37. The lowest BCUT2D eigenvalue weighted by atomic mass is 10.0. The molecule has 0 unspecified atom stereocenters. The lowest BCUT2D eigenvalue weighted by Crippen LogP contribution is -2.41. The van der Waals surface area contributed by atoms with Crippen LogP contribution in [0.3, 0.4) is 0 Å². The smallest absolute Gasteiger partial charge is 0.338 e. The molecule has 1 aliphatic carbocycles. The SMILES string of the molecule is CC(C)(C)[Si](C)(C)OC[C@H]1C[C@H](OC(=O)c2ccccc2)c2ccccc21. The van der Waals surface area contributed by atoms with Crippen LogP contribution in [0, 0.1) is 0 Å². The molecule has 2 atom stereocenters. The van der Waals surface area contributed by atoms with Crippen LogP contribution >= 0.6 is 0 Å². The van der Waals surface area contributed by atoms with Crippen molar-refractivity contribution < 1.29 is 14.0 Å². The molecule has 0 radical (unpaired) electrons. The van der Waals surface area contributed by atoms with E-state index < -0.39 is 8.32 Å². The zero-order valence-corrected chi connectivity index (χ0v) is 18.0. The van der Waals surface area contributed by atoms with E-state index in [0.717, 1.165) is 12.0 Å². The molecule has 0 amide bonds.